The van der Waals surface area contributed by atoms with E-state index in [4.69, 9.17) is 4.99 Å². The fraction of sp³-hybridized carbons (Fsp3) is 0.381. The predicted octanol–water partition coefficient (Wildman–Crippen LogP) is 2.19. The molecular weight excluding hydrogens is 324 g/mol. The quantitative estimate of drug-likeness (QED) is 0.851. The number of benzene rings is 1. The summed E-state index contributed by atoms with van der Waals surface area (Å²) in [6, 6.07) is 8.55. The van der Waals surface area contributed by atoms with E-state index in [0.717, 1.165) is 35.6 Å². The Morgan fingerprint density at radius 2 is 2.00 bits per heavy atom. The normalized spacial score (nSPS) is 15.9. The van der Waals surface area contributed by atoms with Crippen molar-refractivity contribution in [3.05, 3.63) is 64.0 Å². The molecular formula is C21H24N4O. The van der Waals surface area contributed by atoms with Crippen LogP contribution < -0.4 is 0 Å². The van der Waals surface area contributed by atoms with Crippen LogP contribution in [0.3, 0.4) is 0 Å². The molecule has 5 heteroatoms. The molecule has 0 aliphatic carbocycles. The maximum atomic E-state index is 12.5. The molecule has 5 nitrogen and oxygen atoms in total. The zero-order valence-electron chi connectivity index (χ0n) is 15.6. The fourth-order valence-electron chi connectivity index (χ4n) is 3.69. The lowest BCUT2D eigenvalue weighted by molar-refractivity contribution is -0.132. The van der Waals surface area contributed by atoms with Crippen molar-refractivity contribution in [1.82, 2.24) is 14.8 Å². The topological polar surface area (TPSA) is 48.8 Å². The summed E-state index contributed by atoms with van der Waals surface area (Å²) < 4.78 is 0. The molecule has 1 amide bonds. The number of likely N-dealkylation sites (N-methyl/N-ethyl adjacent to an activating group) is 1. The van der Waals surface area contributed by atoms with Crippen LogP contribution in [-0.4, -0.2) is 53.6 Å². The van der Waals surface area contributed by atoms with Crippen LogP contribution >= 0.6 is 0 Å². The van der Waals surface area contributed by atoms with Crippen LogP contribution in [0.2, 0.25) is 0 Å². The zero-order chi connectivity index (χ0) is 18.3. The van der Waals surface area contributed by atoms with Gasteiger partial charge in [-0.25, -0.2) is 0 Å². The van der Waals surface area contributed by atoms with Gasteiger partial charge in [0.05, 0.1) is 18.7 Å². The van der Waals surface area contributed by atoms with E-state index < -0.39 is 0 Å². The SMILES string of the molecule is Cc1cc(C2=NCc3cc4c(cc32)CN(CCN(C)C)C(=O)C4)ccn1. The van der Waals surface area contributed by atoms with Crippen LogP contribution in [-0.2, 0) is 24.3 Å². The average Bonchev–Trinajstić information content (AvgIpc) is 3.00. The highest BCUT2D eigenvalue weighted by Crippen LogP contribution is 2.30. The first kappa shape index (κ1) is 16.9. The van der Waals surface area contributed by atoms with Crippen molar-refractivity contribution in [2.24, 2.45) is 4.99 Å². The molecule has 3 heterocycles. The molecule has 134 valence electrons. The number of aliphatic imine (C=N–C) groups is 1. The second-order valence-corrected chi connectivity index (χ2v) is 7.42. The molecule has 0 radical (unpaired) electrons. The number of amides is 1. The number of hydrogen-bond donors (Lipinski definition) is 0. The van der Waals surface area contributed by atoms with Gasteiger partial charge in [0.2, 0.25) is 5.91 Å². The first-order valence-corrected chi connectivity index (χ1v) is 9.06. The molecule has 26 heavy (non-hydrogen) atoms. The third-order valence-corrected chi connectivity index (χ3v) is 5.13. The fourth-order valence-corrected chi connectivity index (χ4v) is 3.69. The molecule has 2 aliphatic heterocycles. The van der Waals surface area contributed by atoms with Crippen molar-refractivity contribution < 1.29 is 4.79 Å². The monoisotopic (exact) mass is 348 g/mol. The van der Waals surface area contributed by atoms with Gasteiger partial charge in [0.1, 0.15) is 0 Å². The Balaban J connectivity index is 1.64. The standard InChI is InChI=1S/C21H24N4O/c1-14-8-15(4-5-22-14)21-19-10-18-13-25(7-6-24(2)3)20(26)11-16(18)9-17(19)12-23-21/h4-5,8-10H,6-7,11-13H2,1-3H3. The van der Waals surface area contributed by atoms with E-state index in [1.807, 2.05) is 38.2 Å². The summed E-state index contributed by atoms with van der Waals surface area (Å²) in [6.45, 7) is 5.04. The van der Waals surface area contributed by atoms with Gasteiger partial charge in [-0.3, -0.25) is 14.8 Å². The van der Waals surface area contributed by atoms with Gasteiger partial charge >= 0.3 is 0 Å². The Morgan fingerprint density at radius 3 is 2.77 bits per heavy atom. The van der Waals surface area contributed by atoms with Crippen molar-refractivity contribution in [3.63, 3.8) is 0 Å². The number of pyridine rings is 1. The van der Waals surface area contributed by atoms with Crippen LogP contribution in [0.5, 0.6) is 0 Å². The summed E-state index contributed by atoms with van der Waals surface area (Å²) in [5, 5.41) is 0. The van der Waals surface area contributed by atoms with E-state index in [9.17, 15) is 4.79 Å². The maximum Gasteiger partial charge on any atom is 0.227 e. The number of aromatic nitrogens is 1. The summed E-state index contributed by atoms with van der Waals surface area (Å²) in [5.74, 6) is 0.225. The van der Waals surface area contributed by atoms with Crippen molar-refractivity contribution in [2.75, 3.05) is 27.2 Å². The van der Waals surface area contributed by atoms with Crippen LogP contribution in [0.25, 0.3) is 0 Å². The lowest BCUT2D eigenvalue weighted by atomic mass is 9.91. The molecule has 4 rings (SSSR count). The third-order valence-electron chi connectivity index (χ3n) is 5.13. The van der Waals surface area contributed by atoms with Gasteiger partial charge in [-0.1, -0.05) is 6.07 Å². The zero-order valence-corrected chi connectivity index (χ0v) is 15.6. The van der Waals surface area contributed by atoms with Gasteiger partial charge in [-0.2, -0.15) is 0 Å². The predicted molar refractivity (Wildman–Crippen MR) is 102 cm³/mol. The van der Waals surface area contributed by atoms with E-state index in [2.05, 4.69) is 28.1 Å². The summed E-state index contributed by atoms with van der Waals surface area (Å²) in [5.41, 5.74) is 8.01. The highest BCUT2D eigenvalue weighted by atomic mass is 16.2. The summed E-state index contributed by atoms with van der Waals surface area (Å²) in [7, 11) is 4.07. The molecule has 0 atom stereocenters. The van der Waals surface area contributed by atoms with Gasteiger partial charge in [0, 0.05) is 42.7 Å². The van der Waals surface area contributed by atoms with Gasteiger partial charge in [-0.05, 0) is 55.9 Å². The Bertz CT molecular complexity index is 901. The third kappa shape index (κ3) is 3.15. The molecule has 0 bridgehead atoms. The Kier molecular flexibility index (Phi) is 4.32. The number of nitrogens with zero attached hydrogens (tertiary/aromatic N) is 4. The lowest BCUT2D eigenvalue weighted by Crippen LogP contribution is -2.40. The molecule has 0 saturated heterocycles. The van der Waals surface area contributed by atoms with E-state index in [1.165, 1.54) is 16.7 Å². The van der Waals surface area contributed by atoms with Crippen molar-refractivity contribution in [2.45, 2.75) is 26.4 Å². The Morgan fingerprint density at radius 1 is 1.15 bits per heavy atom. The molecule has 2 aliphatic rings. The smallest absolute Gasteiger partial charge is 0.227 e. The highest BCUT2D eigenvalue weighted by molar-refractivity contribution is 6.15. The Labute approximate surface area is 154 Å². The molecule has 0 unspecified atom stereocenters. The number of fused-ring (bicyclic) bond motifs is 2. The number of rotatable bonds is 4. The minimum atomic E-state index is 0.225. The average molecular weight is 348 g/mol. The van der Waals surface area contributed by atoms with E-state index in [1.54, 1.807) is 0 Å². The molecule has 0 saturated carbocycles. The van der Waals surface area contributed by atoms with Crippen molar-refractivity contribution >= 4 is 11.6 Å². The van der Waals surface area contributed by atoms with Crippen LogP contribution in [0, 0.1) is 6.92 Å². The second-order valence-electron chi connectivity index (χ2n) is 7.42. The van der Waals surface area contributed by atoms with Gasteiger partial charge in [-0.15, -0.1) is 0 Å². The largest absolute Gasteiger partial charge is 0.337 e. The Hall–Kier alpha value is -2.53. The van der Waals surface area contributed by atoms with Crippen LogP contribution in [0.15, 0.2) is 35.5 Å². The second kappa shape index (κ2) is 6.65. The minimum Gasteiger partial charge on any atom is -0.337 e. The van der Waals surface area contributed by atoms with E-state index in [-0.39, 0.29) is 5.91 Å². The number of carbonyl (C=O) groups is 1. The van der Waals surface area contributed by atoms with Gasteiger partial charge in [0.25, 0.3) is 0 Å². The summed E-state index contributed by atoms with van der Waals surface area (Å²) >= 11 is 0. The molecule has 1 aromatic carbocycles. The van der Waals surface area contributed by atoms with Crippen molar-refractivity contribution in [3.8, 4) is 0 Å². The van der Waals surface area contributed by atoms with Crippen LogP contribution in [0.4, 0.5) is 0 Å². The summed E-state index contributed by atoms with van der Waals surface area (Å²) in [4.78, 5) is 25.6. The maximum absolute atomic E-state index is 12.5. The number of carbonyl (C=O) groups excluding carboxylic acids is 1. The number of aryl methyl sites for hydroxylation is 1. The summed E-state index contributed by atoms with van der Waals surface area (Å²) in [6.07, 6.45) is 2.34. The highest BCUT2D eigenvalue weighted by Gasteiger charge is 2.27. The first-order valence-electron chi connectivity index (χ1n) is 9.06. The van der Waals surface area contributed by atoms with E-state index >= 15 is 0 Å². The number of hydrogen-bond acceptors (Lipinski definition) is 4. The first-order chi connectivity index (χ1) is 12.5. The van der Waals surface area contributed by atoms with Gasteiger partial charge in [0.15, 0.2) is 0 Å². The minimum absolute atomic E-state index is 0.225. The lowest BCUT2D eigenvalue weighted by Gasteiger charge is -2.30. The molecule has 0 fully saturated rings. The molecule has 0 N–H and O–H groups in total. The van der Waals surface area contributed by atoms with Crippen LogP contribution in [0.1, 0.15) is 33.5 Å². The van der Waals surface area contributed by atoms with E-state index in [0.29, 0.717) is 19.5 Å². The molecule has 1 aromatic heterocycles. The molecule has 0 spiro atoms. The van der Waals surface area contributed by atoms with Gasteiger partial charge < -0.3 is 9.80 Å². The molecule has 2 aromatic rings. The van der Waals surface area contributed by atoms with Crippen molar-refractivity contribution in [1.29, 1.82) is 0 Å².